The maximum Gasteiger partial charge on any atom is 0.343 e. The first kappa shape index (κ1) is 28.5. The molecule has 0 spiro atoms. The van der Waals surface area contributed by atoms with Crippen LogP contribution in [0.15, 0.2) is 60.7 Å². The summed E-state index contributed by atoms with van der Waals surface area (Å²) in [6.07, 6.45) is 10.2. The Hall–Kier alpha value is -3.05. The second-order valence-corrected chi connectivity index (χ2v) is 9.48. The normalized spacial score (nSPS) is 11.9. The zero-order chi connectivity index (χ0) is 26.3. The van der Waals surface area contributed by atoms with E-state index in [2.05, 4.69) is 6.92 Å². The lowest BCUT2D eigenvalue weighted by Crippen LogP contribution is -2.17. The van der Waals surface area contributed by atoms with Crippen LogP contribution in [0.25, 0.3) is 10.8 Å². The van der Waals surface area contributed by atoms with Gasteiger partial charge in [-0.05, 0) is 79.6 Å². The van der Waals surface area contributed by atoms with Gasteiger partial charge >= 0.3 is 5.97 Å². The van der Waals surface area contributed by atoms with Crippen molar-refractivity contribution in [3.05, 3.63) is 66.2 Å². The molecule has 0 amide bonds. The van der Waals surface area contributed by atoms with E-state index in [1.165, 1.54) is 44.9 Å². The molecule has 0 aliphatic heterocycles. The fourth-order valence-corrected chi connectivity index (χ4v) is 4.18. The summed E-state index contributed by atoms with van der Waals surface area (Å²) in [4.78, 5) is 12.6. The highest BCUT2D eigenvalue weighted by Crippen LogP contribution is 2.26. The standard InChI is InChI=1S/C32H42O5/c1-4-6-7-8-9-10-11-12-21-35-29-17-13-26(14-18-29)32(33)37-31-20-16-27-22-30(19-15-28(27)23-31)36-24-25(3)34-5-2/h13-20,22-23,25H,4-12,21,24H2,1-3H3. The molecule has 0 saturated carbocycles. The summed E-state index contributed by atoms with van der Waals surface area (Å²) in [5, 5.41) is 1.99. The molecule has 0 bridgehead atoms. The van der Waals surface area contributed by atoms with Crippen molar-refractivity contribution in [1.82, 2.24) is 0 Å². The average Bonchev–Trinajstić information content (AvgIpc) is 2.91. The lowest BCUT2D eigenvalue weighted by atomic mass is 10.1. The van der Waals surface area contributed by atoms with Crippen LogP contribution in [-0.4, -0.2) is 31.9 Å². The third-order valence-corrected chi connectivity index (χ3v) is 6.29. The Bertz CT molecular complexity index is 1080. The highest BCUT2D eigenvalue weighted by molar-refractivity contribution is 5.92. The number of esters is 1. The average molecular weight is 507 g/mol. The lowest BCUT2D eigenvalue weighted by Gasteiger charge is -2.13. The smallest absolute Gasteiger partial charge is 0.343 e. The first-order valence-corrected chi connectivity index (χ1v) is 13.8. The van der Waals surface area contributed by atoms with Crippen LogP contribution in [0.4, 0.5) is 0 Å². The molecule has 0 radical (unpaired) electrons. The van der Waals surface area contributed by atoms with Crippen LogP contribution in [-0.2, 0) is 4.74 Å². The van der Waals surface area contributed by atoms with Crippen LogP contribution < -0.4 is 14.2 Å². The number of carbonyl (C=O) groups is 1. The Morgan fingerprint density at radius 2 is 1.30 bits per heavy atom. The summed E-state index contributed by atoms with van der Waals surface area (Å²) in [5.74, 6) is 1.68. The van der Waals surface area contributed by atoms with Crippen LogP contribution in [0.3, 0.4) is 0 Å². The van der Waals surface area contributed by atoms with Gasteiger partial charge in [0.2, 0.25) is 0 Å². The molecule has 0 fully saturated rings. The number of carbonyl (C=O) groups excluding carboxylic acids is 1. The van der Waals surface area contributed by atoms with Crippen molar-refractivity contribution in [2.75, 3.05) is 19.8 Å². The Morgan fingerprint density at radius 3 is 1.97 bits per heavy atom. The largest absolute Gasteiger partial charge is 0.494 e. The van der Waals surface area contributed by atoms with Crippen molar-refractivity contribution in [2.24, 2.45) is 0 Å². The third-order valence-electron chi connectivity index (χ3n) is 6.29. The molecule has 0 aliphatic carbocycles. The van der Waals surface area contributed by atoms with Gasteiger partial charge in [-0.2, -0.15) is 0 Å². The Balaban J connectivity index is 1.43. The number of rotatable bonds is 17. The molecule has 0 N–H and O–H groups in total. The summed E-state index contributed by atoms with van der Waals surface area (Å²) in [7, 11) is 0. The van der Waals surface area contributed by atoms with Gasteiger partial charge in [0.05, 0.1) is 18.3 Å². The summed E-state index contributed by atoms with van der Waals surface area (Å²) < 4.78 is 22.8. The van der Waals surface area contributed by atoms with Crippen molar-refractivity contribution in [1.29, 1.82) is 0 Å². The summed E-state index contributed by atoms with van der Waals surface area (Å²) >= 11 is 0. The number of hydrogen-bond donors (Lipinski definition) is 0. The quantitative estimate of drug-likeness (QED) is 0.105. The Labute approximate surface area is 222 Å². The van der Waals surface area contributed by atoms with Gasteiger partial charge in [-0.25, -0.2) is 4.79 Å². The van der Waals surface area contributed by atoms with Crippen molar-refractivity contribution in [2.45, 2.75) is 78.2 Å². The van der Waals surface area contributed by atoms with Gasteiger partial charge in [0.15, 0.2) is 0 Å². The molecule has 1 unspecified atom stereocenters. The maximum absolute atomic E-state index is 12.6. The molecule has 0 aliphatic rings. The minimum absolute atomic E-state index is 0.0398. The van der Waals surface area contributed by atoms with Gasteiger partial charge in [-0.15, -0.1) is 0 Å². The summed E-state index contributed by atoms with van der Waals surface area (Å²) in [6, 6.07) is 18.6. The van der Waals surface area contributed by atoms with Crippen LogP contribution in [0.1, 0.15) is 82.5 Å². The van der Waals surface area contributed by atoms with Gasteiger partial charge in [-0.1, -0.05) is 64.0 Å². The molecule has 3 aromatic rings. The predicted molar refractivity (Wildman–Crippen MR) is 150 cm³/mol. The number of unbranched alkanes of at least 4 members (excludes halogenated alkanes) is 7. The molecule has 0 heterocycles. The van der Waals surface area contributed by atoms with Crippen LogP contribution in [0, 0.1) is 0 Å². The zero-order valence-electron chi connectivity index (χ0n) is 22.7. The molecule has 5 heteroatoms. The fraction of sp³-hybridized carbons (Fsp3) is 0.469. The lowest BCUT2D eigenvalue weighted by molar-refractivity contribution is 0.0402. The summed E-state index contributed by atoms with van der Waals surface area (Å²) in [6.45, 7) is 8.08. The van der Waals surface area contributed by atoms with Gasteiger partial charge in [0, 0.05) is 6.61 Å². The molecule has 37 heavy (non-hydrogen) atoms. The summed E-state index contributed by atoms with van der Waals surface area (Å²) in [5.41, 5.74) is 0.492. The predicted octanol–water partition coefficient (Wildman–Crippen LogP) is 8.38. The third kappa shape index (κ3) is 10.1. The molecule has 0 aromatic heterocycles. The van der Waals surface area contributed by atoms with E-state index in [0.717, 1.165) is 28.7 Å². The topological polar surface area (TPSA) is 54.0 Å². The van der Waals surface area contributed by atoms with E-state index in [1.807, 2.05) is 56.3 Å². The number of benzene rings is 3. The molecule has 3 rings (SSSR count). The van der Waals surface area contributed by atoms with Crippen molar-refractivity contribution < 1.29 is 23.7 Å². The highest BCUT2D eigenvalue weighted by Gasteiger charge is 2.10. The second kappa shape index (κ2) is 15.9. The van der Waals surface area contributed by atoms with E-state index in [1.54, 1.807) is 18.2 Å². The molecule has 0 saturated heterocycles. The van der Waals surface area contributed by atoms with Crippen molar-refractivity contribution in [3.8, 4) is 17.2 Å². The van der Waals surface area contributed by atoms with Gasteiger partial charge in [-0.3, -0.25) is 0 Å². The van der Waals surface area contributed by atoms with E-state index in [-0.39, 0.29) is 12.1 Å². The molecular formula is C32H42O5. The zero-order valence-corrected chi connectivity index (χ0v) is 22.7. The Kier molecular flexibility index (Phi) is 12.3. The first-order chi connectivity index (χ1) is 18.1. The molecule has 200 valence electrons. The highest BCUT2D eigenvalue weighted by atomic mass is 16.5. The Morgan fingerprint density at radius 1 is 0.703 bits per heavy atom. The first-order valence-electron chi connectivity index (χ1n) is 13.8. The van der Waals surface area contributed by atoms with Gasteiger partial charge < -0.3 is 18.9 Å². The van der Waals surface area contributed by atoms with Crippen LogP contribution in [0.5, 0.6) is 17.2 Å². The SMILES string of the molecule is CCCCCCCCCCOc1ccc(C(=O)Oc2ccc3cc(OCC(C)OCC)ccc3c2)cc1. The molecule has 5 nitrogen and oxygen atoms in total. The van der Waals surface area contributed by atoms with E-state index < -0.39 is 0 Å². The monoisotopic (exact) mass is 506 g/mol. The van der Waals surface area contributed by atoms with Gasteiger partial charge in [0.25, 0.3) is 0 Å². The molecule has 1 atom stereocenters. The van der Waals surface area contributed by atoms with E-state index >= 15 is 0 Å². The van der Waals surface area contributed by atoms with Crippen LogP contribution in [0.2, 0.25) is 0 Å². The number of hydrogen-bond acceptors (Lipinski definition) is 5. The van der Waals surface area contributed by atoms with E-state index in [0.29, 0.717) is 31.1 Å². The maximum atomic E-state index is 12.6. The van der Waals surface area contributed by atoms with E-state index in [4.69, 9.17) is 18.9 Å². The molecular weight excluding hydrogens is 464 g/mol. The van der Waals surface area contributed by atoms with Crippen LogP contribution >= 0.6 is 0 Å². The minimum atomic E-state index is -0.390. The fourth-order valence-electron chi connectivity index (χ4n) is 4.18. The molecule has 3 aromatic carbocycles. The van der Waals surface area contributed by atoms with E-state index in [9.17, 15) is 4.79 Å². The number of fused-ring (bicyclic) bond motifs is 1. The second-order valence-electron chi connectivity index (χ2n) is 9.48. The van der Waals surface area contributed by atoms with Crippen molar-refractivity contribution >= 4 is 16.7 Å². The van der Waals surface area contributed by atoms with Crippen molar-refractivity contribution in [3.63, 3.8) is 0 Å². The van der Waals surface area contributed by atoms with Gasteiger partial charge in [0.1, 0.15) is 23.9 Å². The minimum Gasteiger partial charge on any atom is -0.494 e. The number of ether oxygens (including phenoxy) is 4.